The van der Waals surface area contributed by atoms with E-state index in [0.29, 0.717) is 5.41 Å². The molecule has 0 aromatic heterocycles. The topological polar surface area (TPSA) is 32.5 Å². The summed E-state index contributed by atoms with van der Waals surface area (Å²) in [4.78, 5) is 5.27. The first-order valence-corrected chi connectivity index (χ1v) is 7.39. The number of hydrogen-bond acceptors (Lipinski definition) is 3. The van der Waals surface area contributed by atoms with Crippen LogP contribution in [0.15, 0.2) is 0 Å². The minimum Gasteiger partial charge on any atom is -0.330 e. The first-order valence-electron chi connectivity index (χ1n) is 7.39. The summed E-state index contributed by atoms with van der Waals surface area (Å²) < 4.78 is 0. The fourth-order valence-corrected chi connectivity index (χ4v) is 3.57. The molecule has 1 aliphatic carbocycles. The van der Waals surface area contributed by atoms with Gasteiger partial charge in [0.25, 0.3) is 0 Å². The molecule has 1 heterocycles. The molecule has 1 saturated carbocycles. The van der Waals surface area contributed by atoms with Crippen molar-refractivity contribution in [3.8, 4) is 0 Å². The Bertz CT molecular complexity index is 228. The van der Waals surface area contributed by atoms with Crippen molar-refractivity contribution < 1.29 is 0 Å². The summed E-state index contributed by atoms with van der Waals surface area (Å²) in [5.74, 6) is 0. The molecule has 2 fully saturated rings. The van der Waals surface area contributed by atoms with Gasteiger partial charge in [0.1, 0.15) is 0 Å². The summed E-state index contributed by atoms with van der Waals surface area (Å²) >= 11 is 0. The molecular weight excluding hydrogens is 210 g/mol. The fourth-order valence-electron chi connectivity index (χ4n) is 3.57. The second-order valence-corrected chi connectivity index (χ2v) is 5.96. The van der Waals surface area contributed by atoms with Gasteiger partial charge in [-0.15, -0.1) is 0 Å². The molecule has 2 rings (SSSR count). The highest BCUT2D eigenvalue weighted by atomic mass is 15.3. The molecule has 2 aliphatic rings. The third-order valence-corrected chi connectivity index (χ3v) is 4.98. The molecule has 1 unspecified atom stereocenters. The average molecular weight is 239 g/mol. The highest BCUT2D eigenvalue weighted by molar-refractivity contribution is 4.94. The smallest absolute Gasteiger partial charge is 0.0235 e. The van der Waals surface area contributed by atoms with Crippen LogP contribution in [0.4, 0.5) is 0 Å². The standard InChI is InChI=1S/C14H29N3/c1-3-17(4-2)13-6-9-16(10-13)12-14(11-15)7-5-8-14/h13H,3-12,15H2,1-2H3. The first kappa shape index (κ1) is 13.3. The maximum atomic E-state index is 5.96. The quantitative estimate of drug-likeness (QED) is 0.763. The summed E-state index contributed by atoms with van der Waals surface area (Å²) in [6, 6.07) is 0.792. The van der Waals surface area contributed by atoms with Gasteiger partial charge in [0.2, 0.25) is 0 Å². The highest BCUT2D eigenvalue weighted by Crippen LogP contribution is 2.41. The maximum Gasteiger partial charge on any atom is 0.0235 e. The lowest BCUT2D eigenvalue weighted by Gasteiger charge is -2.43. The SMILES string of the molecule is CCN(CC)C1CCN(CC2(CN)CCC2)C1. The van der Waals surface area contributed by atoms with Crippen LogP contribution in [-0.4, -0.2) is 55.1 Å². The van der Waals surface area contributed by atoms with Crippen LogP contribution in [0.25, 0.3) is 0 Å². The number of nitrogens with zero attached hydrogens (tertiary/aromatic N) is 2. The van der Waals surface area contributed by atoms with Gasteiger partial charge in [0, 0.05) is 19.1 Å². The van der Waals surface area contributed by atoms with Gasteiger partial charge in [0.15, 0.2) is 0 Å². The molecule has 1 saturated heterocycles. The molecule has 2 N–H and O–H groups in total. The number of likely N-dealkylation sites (N-methyl/N-ethyl adjacent to an activating group) is 1. The van der Waals surface area contributed by atoms with E-state index in [1.807, 2.05) is 0 Å². The number of nitrogens with two attached hydrogens (primary N) is 1. The van der Waals surface area contributed by atoms with E-state index in [9.17, 15) is 0 Å². The van der Waals surface area contributed by atoms with Crippen molar-refractivity contribution in [1.82, 2.24) is 9.80 Å². The van der Waals surface area contributed by atoms with Gasteiger partial charge in [-0.1, -0.05) is 20.3 Å². The van der Waals surface area contributed by atoms with E-state index >= 15 is 0 Å². The molecule has 3 nitrogen and oxygen atoms in total. The molecule has 1 atom stereocenters. The minimum atomic E-state index is 0.484. The molecule has 0 bridgehead atoms. The molecule has 100 valence electrons. The zero-order valence-corrected chi connectivity index (χ0v) is 11.6. The monoisotopic (exact) mass is 239 g/mol. The van der Waals surface area contributed by atoms with Gasteiger partial charge in [-0.25, -0.2) is 0 Å². The van der Waals surface area contributed by atoms with Crippen LogP contribution >= 0.6 is 0 Å². The average Bonchev–Trinajstić information content (AvgIpc) is 2.74. The number of hydrogen-bond donors (Lipinski definition) is 1. The Morgan fingerprint density at radius 3 is 2.47 bits per heavy atom. The molecule has 0 amide bonds. The van der Waals surface area contributed by atoms with Crippen molar-refractivity contribution in [3.63, 3.8) is 0 Å². The molecule has 0 aromatic carbocycles. The molecule has 0 radical (unpaired) electrons. The van der Waals surface area contributed by atoms with Gasteiger partial charge < -0.3 is 10.6 Å². The van der Waals surface area contributed by atoms with E-state index in [2.05, 4.69) is 23.6 Å². The van der Waals surface area contributed by atoms with E-state index in [1.165, 1.54) is 58.4 Å². The van der Waals surface area contributed by atoms with Crippen molar-refractivity contribution in [2.24, 2.45) is 11.1 Å². The van der Waals surface area contributed by atoms with E-state index in [4.69, 9.17) is 5.73 Å². The summed E-state index contributed by atoms with van der Waals surface area (Å²) in [7, 11) is 0. The van der Waals surface area contributed by atoms with Gasteiger partial charge >= 0.3 is 0 Å². The molecule has 17 heavy (non-hydrogen) atoms. The van der Waals surface area contributed by atoms with E-state index in [0.717, 1.165) is 12.6 Å². The molecule has 0 spiro atoms. The summed E-state index contributed by atoms with van der Waals surface area (Å²) in [5.41, 5.74) is 6.44. The zero-order valence-electron chi connectivity index (χ0n) is 11.6. The molecule has 0 aromatic rings. The number of rotatable bonds is 6. The van der Waals surface area contributed by atoms with E-state index in [-0.39, 0.29) is 0 Å². The maximum absolute atomic E-state index is 5.96. The Hall–Kier alpha value is -0.120. The van der Waals surface area contributed by atoms with Crippen molar-refractivity contribution in [2.75, 3.05) is 39.3 Å². The van der Waals surface area contributed by atoms with Crippen LogP contribution in [0.1, 0.15) is 39.5 Å². The minimum absolute atomic E-state index is 0.484. The third-order valence-electron chi connectivity index (χ3n) is 4.98. The van der Waals surface area contributed by atoms with Crippen molar-refractivity contribution in [3.05, 3.63) is 0 Å². The fraction of sp³-hybridized carbons (Fsp3) is 1.00. The predicted molar refractivity (Wildman–Crippen MR) is 73.1 cm³/mol. The van der Waals surface area contributed by atoms with Crippen molar-refractivity contribution >= 4 is 0 Å². The lowest BCUT2D eigenvalue weighted by atomic mass is 9.68. The van der Waals surface area contributed by atoms with Crippen LogP contribution in [0.3, 0.4) is 0 Å². The van der Waals surface area contributed by atoms with Crippen molar-refractivity contribution in [2.45, 2.75) is 45.6 Å². The Balaban J connectivity index is 1.81. The Kier molecular flexibility index (Phi) is 4.45. The Morgan fingerprint density at radius 2 is 2.00 bits per heavy atom. The molecule has 3 heteroatoms. The number of likely N-dealkylation sites (tertiary alicyclic amines) is 1. The van der Waals surface area contributed by atoms with Gasteiger partial charge in [-0.2, -0.15) is 0 Å². The largest absolute Gasteiger partial charge is 0.330 e. The normalized spacial score (nSPS) is 28.6. The van der Waals surface area contributed by atoms with Crippen LogP contribution in [-0.2, 0) is 0 Å². The summed E-state index contributed by atoms with van der Waals surface area (Å²) in [5, 5.41) is 0. The lowest BCUT2D eigenvalue weighted by molar-refractivity contribution is 0.0819. The van der Waals surface area contributed by atoms with E-state index < -0.39 is 0 Å². The predicted octanol–water partition coefficient (Wildman–Crippen LogP) is 1.53. The van der Waals surface area contributed by atoms with Gasteiger partial charge in [-0.3, -0.25) is 4.90 Å². The van der Waals surface area contributed by atoms with Crippen LogP contribution in [0.2, 0.25) is 0 Å². The Labute approximate surface area is 106 Å². The molecular formula is C14H29N3. The zero-order chi connectivity index (χ0) is 12.3. The van der Waals surface area contributed by atoms with Gasteiger partial charge in [-0.05, 0) is 50.9 Å². The molecule has 1 aliphatic heterocycles. The summed E-state index contributed by atoms with van der Waals surface area (Å²) in [6.07, 6.45) is 5.46. The summed E-state index contributed by atoms with van der Waals surface area (Å²) in [6.45, 7) is 11.6. The third kappa shape index (κ3) is 2.83. The first-order chi connectivity index (χ1) is 8.23. The van der Waals surface area contributed by atoms with E-state index in [1.54, 1.807) is 0 Å². The van der Waals surface area contributed by atoms with Crippen LogP contribution in [0, 0.1) is 5.41 Å². The van der Waals surface area contributed by atoms with Crippen LogP contribution in [0.5, 0.6) is 0 Å². The van der Waals surface area contributed by atoms with Crippen molar-refractivity contribution in [1.29, 1.82) is 0 Å². The Morgan fingerprint density at radius 1 is 1.29 bits per heavy atom. The second-order valence-electron chi connectivity index (χ2n) is 5.96. The second kappa shape index (κ2) is 5.68. The van der Waals surface area contributed by atoms with Gasteiger partial charge in [0.05, 0.1) is 0 Å². The highest BCUT2D eigenvalue weighted by Gasteiger charge is 2.39. The lowest BCUT2D eigenvalue weighted by Crippen LogP contribution is -2.47. The van der Waals surface area contributed by atoms with Crippen LogP contribution < -0.4 is 5.73 Å².